The van der Waals surface area contributed by atoms with E-state index in [-0.39, 0.29) is 17.1 Å². The van der Waals surface area contributed by atoms with Crippen LogP contribution >= 0.6 is 0 Å². The average Bonchev–Trinajstić information content (AvgIpc) is 2.94. The number of aromatic nitrogens is 2. The fourth-order valence-electron chi connectivity index (χ4n) is 5.85. The molecule has 2 aromatic carbocycles. The first kappa shape index (κ1) is 23.5. The first-order valence-corrected chi connectivity index (χ1v) is 12.7. The number of aromatic hydroxyl groups is 1. The van der Waals surface area contributed by atoms with Crippen LogP contribution in [0.15, 0.2) is 53.5 Å². The molecule has 37 heavy (non-hydrogen) atoms. The second-order valence-corrected chi connectivity index (χ2v) is 9.77. The van der Waals surface area contributed by atoms with Crippen LogP contribution in [0.2, 0.25) is 0 Å². The van der Waals surface area contributed by atoms with E-state index in [1.54, 1.807) is 25.4 Å². The molecule has 9 heteroatoms. The van der Waals surface area contributed by atoms with Gasteiger partial charge in [-0.3, -0.25) is 14.7 Å². The highest BCUT2D eigenvalue weighted by molar-refractivity contribution is 5.97. The molecule has 2 aromatic heterocycles. The second kappa shape index (κ2) is 9.55. The van der Waals surface area contributed by atoms with Gasteiger partial charge in [0, 0.05) is 74.4 Å². The van der Waals surface area contributed by atoms with Crippen molar-refractivity contribution in [2.24, 2.45) is 0 Å². The van der Waals surface area contributed by atoms with Crippen molar-refractivity contribution < 1.29 is 14.2 Å². The summed E-state index contributed by atoms with van der Waals surface area (Å²) in [4.78, 5) is 26.4. The highest BCUT2D eigenvalue weighted by Crippen LogP contribution is 2.40. The third kappa shape index (κ3) is 4.23. The number of piperazine rings is 1. The fraction of sp³-hybridized carbons (Fsp3) is 0.357. The first-order chi connectivity index (χ1) is 18.0. The van der Waals surface area contributed by atoms with E-state index in [1.807, 2.05) is 18.2 Å². The average molecular weight is 504 g/mol. The van der Waals surface area contributed by atoms with Crippen LogP contribution in [-0.2, 0) is 0 Å². The summed E-state index contributed by atoms with van der Waals surface area (Å²) in [6.45, 7) is 5.32. The molecule has 2 aliphatic heterocycles. The smallest absolute Gasteiger partial charge is 0.248 e. The minimum atomic E-state index is -0.322. The lowest BCUT2D eigenvalue weighted by Gasteiger charge is -2.44. The van der Waals surface area contributed by atoms with Crippen molar-refractivity contribution in [3.8, 4) is 11.5 Å². The molecule has 8 nitrogen and oxygen atoms in total. The van der Waals surface area contributed by atoms with Crippen molar-refractivity contribution in [1.82, 2.24) is 14.9 Å². The van der Waals surface area contributed by atoms with Gasteiger partial charge in [-0.2, -0.15) is 0 Å². The molecule has 4 heterocycles. The number of fused-ring (bicyclic) bond motifs is 2. The predicted molar refractivity (Wildman–Crippen MR) is 144 cm³/mol. The van der Waals surface area contributed by atoms with Crippen molar-refractivity contribution in [1.29, 1.82) is 0 Å². The number of hydrogen-bond donors (Lipinski definition) is 2. The summed E-state index contributed by atoms with van der Waals surface area (Å²) >= 11 is 0. The van der Waals surface area contributed by atoms with Crippen LogP contribution in [0.4, 0.5) is 15.8 Å². The van der Waals surface area contributed by atoms with Crippen molar-refractivity contribution in [3.63, 3.8) is 0 Å². The van der Waals surface area contributed by atoms with Crippen molar-refractivity contribution in [2.75, 3.05) is 56.2 Å². The predicted octanol–water partition coefficient (Wildman–Crippen LogP) is 3.72. The Morgan fingerprint density at radius 2 is 1.73 bits per heavy atom. The summed E-state index contributed by atoms with van der Waals surface area (Å²) in [6.07, 6.45) is 3.77. The molecule has 0 bridgehead atoms. The third-order valence-electron chi connectivity index (χ3n) is 7.82. The quantitative estimate of drug-likeness (QED) is 0.439. The monoisotopic (exact) mass is 503 g/mol. The van der Waals surface area contributed by atoms with E-state index >= 15 is 0 Å². The number of H-pyrrole nitrogens is 1. The summed E-state index contributed by atoms with van der Waals surface area (Å²) < 4.78 is 19.7. The topological polar surface area (TPSA) is 84.9 Å². The second-order valence-electron chi connectivity index (χ2n) is 9.77. The number of nitrogens with zero attached hydrogens (tertiary/aromatic N) is 4. The van der Waals surface area contributed by atoms with Crippen LogP contribution in [0, 0.1) is 5.82 Å². The number of pyridine rings is 2. The van der Waals surface area contributed by atoms with E-state index in [0.717, 1.165) is 69.0 Å². The molecule has 192 valence electrons. The van der Waals surface area contributed by atoms with Gasteiger partial charge in [0.1, 0.15) is 5.82 Å². The molecule has 2 saturated heterocycles. The third-order valence-corrected chi connectivity index (χ3v) is 7.82. The van der Waals surface area contributed by atoms with E-state index < -0.39 is 0 Å². The van der Waals surface area contributed by atoms with Gasteiger partial charge in [-0.15, -0.1) is 0 Å². The SMILES string of the molecule is COc1cc(N2CCN(C3CCN(c4ccc(F)c5ccc(=O)[nH]c45)CC3)CC2)c2ncccc2c1O. The number of anilines is 2. The maximum Gasteiger partial charge on any atom is 0.248 e. The maximum absolute atomic E-state index is 14.3. The standard InChI is InChI=1S/C28H30FN5O3/c1-37-24-17-23(26-20(28(24)36)3-2-10-30-26)34-15-13-32(14-16-34)18-8-11-33(12-9-18)22-6-5-21(29)19-4-7-25(35)31-27(19)22/h2-7,10,17-18,36H,8-9,11-16H2,1H3,(H,31,35). The fourth-order valence-corrected chi connectivity index (χ4v) is 5.85. The molecule has 0 aliphatic carbocycles. The lowest BCUT2D eigenvalue weighted by atomic mass is 10.0. The molecule has 0 unspecified atom stereocenters. The van der Waals surface area contributed by atoms with Crippen molar-refractivity contribution >= 4 is 33.2 Å². The van der Waals surface area contributed by atoms with Gasteiger partial charge < -0.3 is 24.6 Å². The number of methoxy groups -OCH3 is 1. The highest BCUT2D eigenvalue weighted by Gasteiger charge is 2.29. The zero-order valence-electron chi connectivity index (χ0n) is 20.8. The summed E-state index contributed by atoms with van der Waals surface area (Å²) in [5, 5.41) is 11.7. The number of hydrogen-bond acceptors (Lipinski definition) is 7. The zero-order chi connectivity index (χ0) is 25.5. The number of aromatic amines is 1. The van der Waals surface area contributed by atoms with Crippen LogP contribution in [0.3, 0.4) is 0 Å². The molecule has 0 saturated carbocycles. The highest BCUT2D eigenvalue weighted by atomic mass is 19.1. The number of piperidine rings is 1. The van der Waals surface area contributed by atoms with Gasteiger partial charge in [0.05, 0.1) is 29.5 Å². The van der Waals surface area contributed by atoms with E-state index in [9.17, 15) is 14.3 Å². The van der Waals surface area contributed by atoms with Crippen LogP contribution in [0.25, 0.3) is 21.8 Å². The summed E-state index contributed by atoms with van der Waals surface area (Å²) in [6, 6.07) is 12.2. The Kier molecular flexibility index (Phi) is 6.08. The van der Waals surface area contributed by atoms with E-state index in [4.69, 9.17) is 4.74 Å². The van der Waals surface area contributed by atoms with Gasteiger partial charge in [0.25, 0.3) is 0 Å². The Bertz CT molecular complexity index is 1510. The Hall–Kier alpha value is -3.85. The molecule has 2 aliphatic rings. The van der Waals surface area contributed by atoms with Gasteiger partial charge in [-0.05, 0) is 43.2 Å². The molecule has 0 spiro atoms. The molecule has 2 fully saturated rings. The number of ether oxygens (including phenoxy) is 1. The Labute approximate surface area is 213 Å². The van der Waals surface area contributed by atoms with Crippen LogP contribution in [-0.4, -0.2) is 72.4 Å². The van der Waals surface area contributed by atoms with Crippen LogP contribution in [0.1, 0.15) is 12.8 Å². The van der Waals surface area contributed by atoms with Gasteiger partial charge in [-0.1, -0.05) is 0 Å². The van der Waals surface area contributed by atoms with Gasteiger partial charge in [0.15, 0.2) is 11.5 Å². The Morgan fingerprint density at radius 1 is 0.973 bits per heavy atom. The molecular formula is C28H30FN5O3. The number of phenolic OH excluding ortho intramolecular Hbond substituents is 1. The lowest BCUT2D eigenvalue weighted by Crippen LogP contribution is -2.53. The Balaban J connectivity index is 1.14. The Morgan fingerprint density at radius 3 is 2.49 bits per heavy atom. The molecule has 0 amide bonds. The zero-order valence-corrected chi connectivity index (χ0v) is 20.8. The molecule has 0 radical (unpaired) electrons. The molecule has 6 rings (SSSR count). The maximum atomic E-state index is 14.3. The van der Waals surface area contributed by atoms with Gasteiger partial charge >= 0.3 is 0 Å². The molecule has 2 N–H and O–H groups in total. The number of benzene rings is 2. The summed E-state index contributed by atoms with van der Waals surface area (Å²) in [5.74, 6) is 0.259. The van der Waals surface area contributed by atoms with E-state index in [2.05, 4.69) is 24.7 Å². The number of nitrogens with one attached hydrogen (secondary N) is 1. The summed E-state index contributed by atoms with van der Waals surface area (Å²) in [5.41, 5.74) is 3.01. The molecule has 0 atom stereocenters. The minimum Gasteiger partial charge on any atom is -0.504 e. The van der Waals surface area contributed by atoms with Crippen LogP contribution in [0.5, 0.6) is 11.5 Å². The van der Waals surface area contributed by atoms with E-state index in [0.29, 0.717) is 28.1 Å². The van der Waals surface area contributed by atoms with E-state index in [1.165, 1.54) is 12.1 Å². The normalized spacial score (nSPS) is 17.6. The first-order valence-electron chi connectivity index (χ1n) is 12.7. The lowest BCUT2D eigenvalue weighted by molar-refractivity contribution is 0.160. The molecule has 4 aromatic rings. The number of halogens is 1. The summed E-state index contributed by atoms with van der Waals surface area (Å²) in [7, 11) is 1.57. The molecular weight excluding hydrogens is 473 g/mol. The minimum absolute atomic E-state index is 0.123. The van der Waals surface area contributed by atoms with Crippen LogP contribution < -0.4 is 20.1 Å². The largest absolute Gasteiger partial charge is 0.504 e. The number of phenols is 1. The number of rotatable bonds is 4. The van der Waals surface area contributed by atoms with Gasteiger partial charge in [0.2, 0.25) is 5.56 Å². The van der Waals surface area contributed by atoms with Crippen molar-refractivity contribution in [2.45, 2.75) is 18.9 Å². The van der Waals surface area contributed by atoms with Crippen molar-refractivity contribution in [3.05, 3.63) is 64.8 Å². The van der Waals surface area contributed by atoms with Gasteiger partial charge in [-0.25, -0.2) is 4.39 Å².